The highest BCUT2D eigenvalue weighted by Gasteiger charge is 2.17. The van der Waals surface area contributed by atoms with E-state index in [4.69, 9.17) is 14.6 Å². The first kappa shape index (κ1) is 15.4. The first-order valence-electron chi connectivity index (χ1n) is 7.37. The van der Waals surface area contributed by atoms with Crippen LogP contribution < -0.4 is 4.74 Å². The zero-order chi connectivity index (χ0) is 16.2. The molecular weight excluding hydrogens is 301 g/mol. The molecule has 0 bridgehead atoms. The van der Waals surface area contributed by atoms with E-state index in [0.29, 0.717) is 23.5 Å². The van der Waals surface area contributed by atoms with Crippen molar-refractivity contribution in [3.8, 4) is 16.9 Å². The van der Waals surface area contributed by atoms with Gasteiger partial charge in [0.05, 0.1) is 6.10 Å². The van der Waals surface area contributed by atoms with E-state index >= 15 is 0 Å². The summed E-state index contributed by atoms with van der Waals surface area (Å²) >= 11 is 0. The van der Waals surface area contributed by atoms with Crippen molar-refractivity contribution in [2.45, 2.75) is 18.9 Å². The molecular formula is C17H16FNO4. The van der Waals surface area contributed by atoms with Gasteiger partial charge in [0, 0.05) is 23.9 Å². The lowest BCUT2D eigenvalue weighted by Crippen LogP contribution is -2.16. The number of nitrogens with zero attached hydrogens (tertiary/aromatic N) is 1. The second kappa shape index (κ2) is 6.75. The lowest BCUT2D eigenvalue weighted by atomic mass is 10.1. The molecule has 6 heteroatoms. The van der Waals surface area contributed by atoms with Gasteiger partial charge in [0.15, 0.2) is 0 Å². The molecule has 1 saturated heterocycles. The normalized spacial score (nSPS) is 17.2. The zero-order valence-electron chi connectivity index (χ0n) is 12.4. The van der Waals surface area contributed by atoms with Gasteiger partial charge in [-0.15, -0.1) is 0 Å². The van der Waals surface area contributed by atoms with Crippen LogP contribution in [0.15, 0.2) is 36.5 Å². The van der Waals surface area contributed by atoms with Crippen molar-refractivity contribution in [2.75, 3.05) is 13.2 Å². The quantitative estimate of drug-likeness (QED) is 0.917. The van der Waals surface area contributed by atoms with Gasteiger partial charge in [-0.25, -0.2) is 14.2 Å². The Hall–Kier alpha value is -2.47. The van der Waals surface area contributed by atoms with Crippen molar-refractivity contribution in [3.63, 3.8) is 0 Å². The average Bonchev–Trinajstić information content (AvgIpc) is 3.07. The van der Waals surface area contributed by atoms with Gasteiger partial charge < -0.3 is 14.6 Å². The van der Waals surface area contributed by atoms with E-state index in [1.54, 1.807) is 12.1 Å². The van der Waals surface area contributed by atoms with Crippen LogP contribution >= 0.6 is 0 Å². The first-order valence-corrected chi connectivity index (χ1v) is 7.37. The number of halogens is 1. The van der Waals surface area contributed by atoms with Gasteiger partial charge in [-0.3, -0.25) is 0 Å². The number of pyridine rings is 1. The van der Waals surface area contributed by atoms with Gasteiger partial charge >= 0.3 is 5.97 Å². The Balaban J connectivity index is 1.84. The highest BCUT2D eigenvalue weighted by Crippen LogP contribution is 2.31. The molecule has 1 aromatic carbocycles. The van der Waals surface area contributed by atoms with Gasteiger partial charge in [-0.1, -0.05) is 6.07 Å². The summed E-state index contributed by atoms with van der Waals surface area (Å²) in [5.74, 6) is -0.982. The minimum absolute atomic E-state index is 0.0559. The van der Waals surface area contributed by atoms with Crippen LogP contribution in [-0.2, 0) is 4.74 Å². The molecule has 1 atom stereocenters. The highest BCUT2D eigenvalue weighted by molar-refractivity contribution is 5.86. The summed E-state index contributed by atoms with van der Waals surface area (Å²) in [4.78, 5) is 14.7. The van der Waals surface area contributed by atoms with Crippen LogP contribution in [0, 0.1) is 5.82 Å². The van der Waals surface area contributed by atoms with Crippen molar-refractivity contribution in [1.82, 2.24) is 4.98 Å². The van der Waals surface area contributed by atoms with Gasteiger partial charge in [0.1, 0.15) is 23.9 Å². The number of carbonyl (C=O) groups is 1. The number of ether oxygens (including phenoxy) is 2. The number of carboxylic acid groups (broad SMARTS) is 1. The second-order valence-electron chi connectivity index (χ2n) is 5.32. The fourth-order valence-corrected chi connectivity index (χ4v) is 2.49. The number of aromatic nitrogens is 1. The van der Waals surface area contributed by atoms with E-state index in [0.717, 1.165) is 19.4 Å². The lowest BCUT2D eigenvalue weighted by Gasteiger charge is -2.15. The number of rotatable bonds is 5. The van der Waals surface area contributed by atoms with E-state index in [9.17, 15) is 9.18 Å². The Bertz CT molecular complexity index is 696. The minimum atomic E-state index is -1.11. The first-order chi connectivity index (χ1) is 11.1. The molecule has 0 aliphatic carbocycles. The molecule has 1 fully saturated rings. The maximum atomic E-state index is 13.6. The third kappa shape index (κ3) is 3.65. The summed E-state index contributed by atoms with van der Waals surface area (Å²) in [6, 6.07) is 7.21. The highest BCUT2D eigenvalue weighted by atomic mass is 19.1. The van der Waals surface area contributed by atoms with E-state index < -0.39 is 11.8 Å². The van der Waals surface area contributed by atoms with Gasteiger partial charge in [-0.05, 0) is 37.1 Å². The summed E-state index contributed by atoms with van der Waals surface area (Å²) in [5.41, 5.74) is 1.07. The summed E-state index contributed by atoms with van der Waals surface area (Å²) in [6.07, 6.45) is 3.42. The van der Waals surface area contributed by atoms with E-state index in [2.05, 4.69) is 4.98 Å². The van der Waals surface area contributed by atoms with Crippen LogP contribution in [0.5, 0.6) is 5.75 Å². The van der Waals surface area contributed by atoms with Gasteiger partial charge in [0.25, 0.3) is 0 Å². The average molecular weight is 317 g/mol. The summed E-state index contributed by atoms with van der Waals surface area (Å²) < 4.78 is 24.9. The molecule has 0 saturated carbocycles. The van der Waals surface area contributed by atoms with Crippen molar-refractivity contribution >= 4 is 5.97 Å². The molecule has 0 amide bonds. The van der Waals surface area contributed by atoms with E-state index in [1.807, 2.05) is 0 Å². The number of carboxylic acids is 1. The van der Waals surface area contributed by atoms with Gasteiger partial charge in [-0.2, -0.15) is 0 Å². The largest absolute Gasteiger partial charge is 0.490 e. The molecule has 3 rings (SSSR count). The van der Waals surface area contributed by atoms with Crippen molar-refractivity contribution in [2.24, 2.45) is 0 Å². The smallest absolute Gasteiger partial charge is 0.354 e. The molecule has 23 heavy (non-hydrogen) atoms. The van der Waals surface area contributed by atoms with E-state index in [1.165, 1.54) is 24.4 Å². The number of benzene rings is 1. The molecule has 1 aliphatic heterocycles. The maximum absolute atomic E-state index is 13.6. The molecule has 1 aromatic heterocycles. The molecule has 1 aliphatic rings. The molecule has 0 spiro atoms. The number of aromatic carboxylic acids is 1. The second-order valence-corrected chi connectivity index (χ2v) is 5.32. The van der Waals surface area contributed by atoms with Crippen molar-refractivity contribution in [1.29, 1.82) is 0 Å². The number of hydrogen-bond acceptors (Lipinski definition) is 4. The predicted octanol–water partition coefficient (Wildman–Crippen LogP) is 3.14. The molecule has 2 heterocycles. The molecule has 5 nitrogen and oxygen atoms in total. The van der Waals surface area contributed by atoms with Crippen molar-refractivity contribution < 1.29 is 23.8 Å². The van der Waals surface area contributed by atoms with Crippen LogP contribution in [-0.4, -0.2) is 35.4 Å². The van der Waals surface area contributed by atoms with Crippen LogP contribution in [0.4, 0.5) is 4.39 Å². The van der Waals surface area contributed by atoms with Crippen LogP contribution in [0.25, 0.3) is 11.1 Å². The van der Waals surface area contributed by atoms with Crippen LogP contribution in [0.3, 0.4) is 0 Å². The predicted molar refractivity (Wildman–Crippen MR) is 81.1 cm³/mol. The Morgan fingerprint density at radius 1 is 1.39 bits per heavy atom. The monoisotopic (exact) mass is 317 g/mol. The third-order valence-corrected chi connectivity index (χ3v) is 3.68. The molecule has 2 aromatic rings. The summed E-state index contributed by atoms with van der Waals surface area (Å²) in [6.45, 7) is 1.14. The number of hydrogen-bond donors (Lipinski definition) is 1. The summed E-state index contributed by atoms with van der Waals surface area (Å²) in [7, 11) is 0. The topological polar surface area (TPSA) is 68.7 Å². The Kier molecular flexibility index (Phi) is 4.52. The third-order valence-electron chi connectivity index (χ3n) is 3.68. The Labute approximate surface area is 132 Å². The maximum Gasteiger partial charge on any atom is 0.354 e. The van der Waals surface area contributed by atoms with E-state index in [-0.39, 0.29) is 11.8 Å². The van der Waals surface area contributed by atoms with Crippen molar-refractivity contribution in [3.05, 3.63) is 48.0 Å². The fraction of sp³-hybridized carbons (Fsp3) is 0.294. The standard InChI is InChI=1S/C17H16FNO4/c18-12-4-6-16(23-10-13-2-1-7-22-13)14(8-12)11-3-5-15(17(20)21)19-9-11/h3-6,8-9,13H,1-2,7,10H2,(H,20,21). The molecule has 1 N–H and O–H groups in total. The zero-order valence-corrected chi connectivity index (χ0v) is 12.4. The minimum Gasteiger partial charge on any atom is -0.490 e. The van der Waals surface area contributed by atoms with Crippen LogP contribution in [0.1, 0.15) is 23.3 Å². The summed E-state index contributed by atoms with van der Waals surface area (Å²) in [5, 5.41) is 8.89. The Morgan fingerprint density at radius 3 is 2.91 bits per heavy atom. The Morgan fingerprint density at radius 2 is 2.26 bits per heavy atom. The lowest BCUT2D eigenvalue weighted by molar-refractivity contribution is 0.0680. The molecule has 0 radical (unpaired) electrons. The fourth-order valence-electron chi connectivity index (χ4n) is 2.49. The molecule has 1 unspecified atom stereocenters. The van der Waals surface area contributed by atoms with Gasteiger partial charge in [0.2, 0.25) is 0 Å². The molecule has 120 valence electrons. The van der Waals surface area contributed by atoms with Crippen LogP contribution in [0.2, 0.25) is 0 Å². The SMILES string of the molecule is O=C(O)c1ccc(-c2cc(F)ccc2OCC2CCCO2)cn1.